The molecule has 37 heavy (non-hydrogen) atoms. The summed E-state index contributed by atoms with van der Waals surface area (Å²) in [6.07, 6.45) is 4.28. The summed E-state index contributed by atoms with van der Waals surface area (Å²) >= 11 is 7.89. The number of rotatable bonds is 8. The number of anilines is 1. The molecule has 3 saturated carbocycles. The molecule has 12 heteroatoms. The molecule has 3 aliphatic carbocycles. The average molecular weight is 575 g/mol. The van der Waals surface area contributed by atoms with Crippen molar-refractivity contribution in [2.45, 2.75) is 59.5 Å². The first kappa shape index (κ1) is 26.8. The second-order valence-corrected chi connectivity index (χ2v) is 13.9. The molecule has 0 radical (unpaired) electrons. The Morgan fingerprint density at radius 1 is 1.05 bits per heavy atom. The van der Waals surface area contributed by atoms with Crippen molar-refractivity contribution in [3.63, 3.8) is 0 Å². The predicted molar refractivity (Wildman–Crippen MR) is 136 cm³/mol. The highest BCUT2D eigenvalue weighted by molar-refractivity contribution is 8.00. The standard InChI is InChI=1S/C25H26ClF3N2O4S2/c26-19-6-1-13(24(32)31-16-10-20(27)23(29)21(28)11-16)7-22(19)36-17-8-14-2-3-15(9-17)25(14,33)12-30-37(34,35)18-4-5-18/h1,6-7,10-11,14-15,17-18,30,33H,2-5,8-9,12H2,(H,31,32)/t14-,15?,17?,25?/m0/s1. The maximum Gasteiger partial charge on any atom is 0.255 e. The van der Waals surface area contributed by atoms with Crippen LogP contribution >= 0.6 is 23.4 Å². The Bertz CT molecular complexity index is 1300. The number of aliphatic hydroxyl groups is 1. The molecule has 0 saturated heterocycles. The molecule has 200 valence electrons. The van der Waals surface area contributed by atoms with E-state index in [-0.39, 0.29) is 40.1 Å². The summed E-state index contributed by atoms with van der Waals surface area (Å²) in [6.45, 7) is 0.0273. The molecule has 0 aliphatic heterocycles. The van der Waals surface area contributed by atoms with Crippen LogP contribution in [0.5, 0.6) is 0 Å². The number of nitrogens with one attached hydrogen (secondary N) is 2. The maximum atomic E-state index is 13.5. The number of carbonyl (C=O) groups is 1. The summed E-state index contributed by atoms with van der Waals surface area (Å²) in [7, 11) is -3.38. The van der Waals surface area contributed by atoms with Crippen molar-refractivity contribution in [3.05, 3.63) is 58.4 Å². The van der Waals surface area contributed by atoms with Gasteiger partial charge >= 0.3 is 0 Å². The van der Waals surface area contributed by atoms with Crippen molar-refractivity contribution < 1.29 is 31.5 Å². The van der Waals surface area contributed by atoms with E-state index in [4.69, 9.17) is 11.6 Å². The lowest BCUT2D eigenvalue weighted by molar-refractivity contribution is -0.0520. The number of hydrogen-bond donors (Lipinski definition) is 3. The van der Waals surface area contributed by atoms with Gasteiger partial charge in [-0.1, -0.05) is 11.6 Å². The van der Waals surface area contributed by atoms with E-state index in [0.29, 0.717) is 47.7 Å². The van der Waals surface area contributed by atoms with Gasteiger partial charge in [-0.3, -0.25) is 4.79 Å². The third kappa shape index (κ3) is 5.52. The first-order valence-corrected chi connectivity index (χ1v) is 14.9. The van der Waals surface area contributed by atoms with Gasteiger partial charge in [0.2, 0.25) is 10.0 Å². The Hall–Kier alpha value is -1.79. The molecule has 3 aliphatic rings. The van der Waals surface area contributed by atoms with Crippen LogP contribution in [0.4, 0.5) is 18.9 Å². The highest BCUT2D eigenvalue weighted by atomic mass is 35.5. The van der Waals surface area contributed by atoms with Gasteiger partial charge in [0.15, 0.2) is 17.5 Å². The van der Waals surface area contributed by atoms with Crippen LogP contribution in [0.3, 0.4) is 0 Å². The van der Waals surface area contributed by atoms with Crippen molar-refractivity contribution >= 4 is 45.0 Å². The summed E-state index contributed by atoms with van der Waals surface area (Å²) < 4.78 is 67.4. The zero-order chi connectivity index (χ0) is 26.5. The van der Waals surface area contributed by atoms with Gasteiger partial charge in [0.25, 0.3) is 5.91 Å². The summed E-state index contributed by atoms with van der Waals surface area (Å²) in [5.74, 6) is -5.18. The van der Waals surface area contributed by atoms with Crippen LogP contribution < -0.4 is 10.0 Å². The van der Waals surface area contributed by atoms with E-state index in [1.165, 1.54) is 17.8 Å². The third-order valence-electron chi connectivity index (χ3n) is 7.62. The molecule has 3 fully saturated rings. The fourth-order valence-corrected chi connectivity index (χ4v) is 8.52. The Labute approximate surface area is 222 Å². The number of carbonyl (C=O) groups excluding carboxylic acids is 1. The van der Waals surface area contributed by atoms with E-state index < -0.39 is 39.0 Å². The quantitative estimate of drug-likeness (QED) is 0.381. The number of halogens is 4. The molecule has 3 N–H and O–H groups in total. The monoisotopic (exact) mass is 574 g/mol. The molecule has 2 bridgehead atoms. The minimum Gasteiger partial charge on any atom is -0.388 e. The van der Waals surface area contributed by atoms with E-state index in [9.17, 15) is 31.5 Å². The van der Waals surface area contributed by atoms with E-state index in [1.807, 2.05) is 0 Å². The fourth-order valence-electron chi connectivity index (χ4n) is 5.45. The molecule has 0 aromatic heterocycles. The summed E-state index contributed by atoms with van der Waals surface area (Å²) in [5, 5.41) is 14.0. The van der Waals surface area contributed by atoms with Crippen LogP contribution in [0.25, 0.3) is 0 Å². The molecular weight excluding hydrogens is 549 g/mol. The summed E-state index contributed by atoms with van der Waals surface area (Å²) in [6, 6.07) is 6.03. The molecule has 1 amide bonds. The average Bonchev–Trinajstić information content (AvgIpc) is 3.67. The summed E-state index contributed by atoms with van der Waals surface area (Å²) in [4.78, 5) is 13.3. The van der Waals surface area contributed by atoms with Crippen LogP contribution in [0.15, 0.2) is 35.2 Å². The maximum absolute atomic E-state index is 13.5. The molecule has 0 spiro atoms. The first-order valence-electron chi connectivity index (χ1n) is 12.1. The van der Waals surface area contributed by atoms with Crippen LogP contribution in [0.2, 0.25) is 5.02 Å². The van der Waals surface area contributed by atoms with Gasteiger partial charge in [0, 0.05) is 40.1 Å². The Balaban J connectivity index is 1.25. The van der Waals surface area contributed by atoms with Crippen LogP contribution in [0, 0.1) is 29.3 Å². The number of benzene rings is 2. The lowest BCUT2D eigenvalue weighted by Crippen LogP contribution is -2.53. The van der Waals surface area contributed by atoms with Crippen LogP contribution in [-0.2, 0) is 10.0 Å². The molecule has 6 nitrogen and oxygen atoms in total. The van der Waals surface area contributed by atoms with Gasteiger partial charge < -0.3 is 10.4 Å². The first-order chi connectivity index (χ1) is 17.5. The van der Waals surface area contributed by atoms with Crippen molar-refractivity contribution in [1.29, 1.82) is 0 Å². The van der Waals surface area contributed by atoms with Gasteiger partial charge in [-0.25, -0.2) is 26.3 Å². The second-order valence-electron chi connectivity index (χ2n) is 10.1. The molecule has 5 rings (SSSR count). The molecule has 2 aromatic rings. The minimum absolute atomic E-state index is 0.0273. The second kappa shape index (κ2) is 10.1. The Morgan fingerprint density at radius 3 is 2.27 bits per heavy atom. The van der Waals surface area contributed by atoms with Gasteiger partial charge in [-0.2, -0.15) is 0 Å². The molecule has 0 heterocycles. The normalized spacial score (nSPS) is 27.3. The zero-order valence-corrected chi connectivity index (χ0v) is 22.0. The van der Waals surface area contributed by atoms with Crippen molar-refractivity contribution in [1.82, 2.24) is 4.72 Å². The van der Waals surface area contributed by atoms with Crippen molar-refractivity contribution in [2.24, 2.45) is 11.8 Å². The Kier molecular flexibility index (Phi) is 7.29. The van der Waals surface area contributed by atoms with E-state index in [0.717, 1.165) is 12.8 Å². The molecule has 4 atom stereocenters. The van der Waals surface area contributed by atoms with Gasteiger partial charge in [0.1, 0.15) is 0 Å². The van der Waals surface area contributed by atoms with Crippen molar-refractivity contribution in [3.8, 4) is 0 Å². The topological polar surface area (TPSA) is 95.5 Å². The largest absolute Gasteiger partial charge is 0.388 e. The van der Waals surface area contributed by atoms with E-state index in [2.05, 4.69) is 10.0 Å². The molecular formula is C25H26ClF3N2O4S2. The highest BCUT2D eigenvalue weighted by Crippen LogP contribution is 2.53. The number of amides is 1. The predicted octanol–water partition coefficient (Wildman–Crippen LogP) is 5.10. The molecule has 2 aromatic carbocycles. The lowest BCUT2D eigenvalue weighted by Gasteiger charge is -2.42. The van der Waals surface area contributed by atoms with Gasteiger partial charge in [-0.15, -0.1) is 11.8 Å². The third-order valence-corrected chi connectivity index (χ3v) is 11.3. The number of thioether (sulfide) groups is 1. The smallest absolute Gasteiger partial charge is 0.255 e. The zero-order valence-electron chi connectivity index (χ0n) is 19.6. The number of fused-ring (bicyclic) bond motifs is 2. The van der Waals surface area contributed by atoms with Crippen LogP contribution in [0.1, 0.15) is 48.9 Å². The minimum atomic E-state index is -3.38. The van der Waals surface area contributed by atoms with Gasteiger partial charge in [0.05, 0.1) is 15.9 Å². The summed E-state index contributed by atoms with van der Waals surface area (Å²) in [5.41, 5.74) is -1.09. The Morgan fingerprint density at radius 2 is 1.68 bits per heavy atom. The van der Waals surface area contributed by atoms with Crippen LogP contribution in [-0.4, -0.2) is 42.1 Å². The number of sulfonamides is 1. The van der Waals surface area contributed by atoms with E-state index >= 15 is 0 Å². The van der Waals surface area contributed by atoms with E-state index in [1.54, 1.807) is 12.1 Å². The number of hydrogen-bond acceptors (Lipinski definition) is 5. The fraction of sp³-hybridized carbons (Fsp3) is 0.480. The SMILES string of the molecule is O=C(Nc1cc(F)c(F)c(F)c1)c1ccc(Cl)c(SC2CC3CC[C@@H](C2)C3(O)CNS(=O)(=O)C2CC2)c1. The lowest BCUT2D eigenvalue weighted by atomic mass is 9.74. The highest BCUT2D eigenvalue weighted by Gasteiger charge is 2.54. The van der Waals surface area contributed by atoms with Crippen molar-refractivity contribution in [2.75, 3.05) is 11.9 Å². The molecule has 3 unspecified atom stereocenters. The van der Waals surface area contributed by atoms with Gasteiger partial charge in [-0.05, 0) is 68.6 Å².